The summed E-state index contributed by atoms with van der Waals surface area (Å²) in [5, 5.41) is 3.17. The maximum Gasteiger partial charge on any atom is 0.331 e. The molecular formula is C17H19N2O3S+. The molecule has 1 aliphatic rings. The standard InChI is InChI=1S/C17H18N2O3S/c1-2-22-15-8-10-16(11-9-15)23(20,21)19-13-12-18-17(19)14-6-4-3-5-7-14/h3-11H,2,12-13H2,1H3/p+1. The first-order valence-electron chi connectivity index (χ1n) is 7.55. The summed E-state index contributed by atoms with van der Waals surface area (Å²) in [7, 11) is -3.59. The highest BCUT2D eigenvalue weighted by Gasteiger charge is 2.33. The molecule has 1 N–H and O–H groups in total. The van der Waals surface area contributed by atoms with Gasteiger partial charge in [0.25, 0.3) is 5.84 Å². The van der Waals surface area contributed by atoms with Gasteiger partial charge in [0.1, 0.15) is 23.7 Å². The molecule has 3 rings (SSSR count). The minimum atomic E-state index is -3.59. The van der Waals surface area contributed by atoms with Crippen molar-refractivity contribution in [1.82, 2.24) is 5.32 Å². The van der Waals surface area contributed by atoms with E-state index in [2.05, 4.69) is 5.32 Å². The second-order valence-corrected chi connectivity index (χ2v) is 6.99. The van der Waals surface area contributed by atoms with E-state index in [1.807, 2.05) is 37.3 Å². The topological polar surface area (TPSA) is 58.4 Å². The zero-order chi connectivity index (χ0) is 16.3. The predicted octanol–water partition coefficient (Wildman–Crippen LogP) is 1.84. The van der Waals surface area contributed by atoms with Crippen LogP contribution in [-0.4, -0.2) is 37.9 Å². The second-order valence-electron chi connectivity index (χ2n) is 5.12. The Balaban J connectivity index is 2.01. The molecule has 120 valence electrons. The molecule has 2 aromatic carbocycles. The molecule has 0 fully saturated rings. The summed E-state index contributed by atoms with van der Waals surface area (Å²) >= 11 is 0. The molecule has 1 aliphatic heterocycles. The molecule has 23 heavy (non-hydrogen) atoms. The van der Waals surface area contributed by atoms with Crippen LogP contribution in [0, 0.1) is 0 Å². The van der Waals surface area contributed by atoms with Crippen molar-refractivity contribution >= 4 is 15.9 Å². The first-order chi connectivity index (χ1) is 11.1. The van der Waals surface area contributed by atoms with Crippen LogP contribution in [0.2, 0.25) is 0 Å². The quantitative estimate of drug-likeness (QED) is 0.850. The van der Waals surface area contributed by atoms with Crippen molar-refractivity contribution < 1.29 is 17.1 Å². The van der Waals surface area contributed by atoms with Crippen LogP contribution in [0.1, 0.15) is 12.5 Å². The van der Waals surface area contributed by atoms with Gasteiger partial charge in [0, 0.05) is 0 Å². The van der Waals surface area contributed by atoms with Gasteiger partial charge in [-0.2, -0.15) is 8.42 Å². The molecule has 0 atom stereocenters. The first-order valence-corrected chi connectivity index (χ1v) is 8.99. The van der Waals surface area contributed by atoms with Gasteiger partial charge in [-0.15, -0.1) is 3.98 Å². The minimum absolute atomic E-state index is 0.262. The molecule has 0 saturated carbocycles. The summed E-state index contributed by atoms with van der Waals surface area (Å²) < 4.78 is 32.6. The Bertz CT molecular complexity index is 813. The summed E-state index contributed by atoms with van der Waals surface area (Å²) in [6, 6.07) is 16.0. The van der Waals surface area contributed by atoms with Gasteiger partial charge in [0.05, 0.1) is 12.2 Å². The molecule has 2 aromatic rings. The van der Waals surface area contributed by atoms with Gasteiger partial charge >= 0.3 is 10.0 Å². The maximum atomic E-state index is 12.9. The fourth-order valence-electron chi connectivity index (χ4n) is 2.56. The van der Waals surface area contributed by atoms with Gasteiger partial charge in [-0.05, 0) is 43.3 Å². The lowest BCUT2D eigenvalue weighted by atomic mass is 10.2. The lowest BCUT2D eigenvalue weighted by Gasteiger charge is -2.07. The van der Waals surface area contributed by atoms with Gasteiger partial charge < -0.3 is 4.74 Å². The van der Waals surface area contributed by atoms with Gasteiger partial charge in [0.15, 0.2) is 0 Å². The average Bonchev–Trinajstić information content (AvgIpc) is 3.07. The monoisotopic (exact) mass is 331 g/mol. The lowest BCUT2D eigenvalue weighted by molar-refractivity contribution is -0.352. The van der Waals surface area contributed by atoms with Crippen molar-refractivity contribution in [1.29, 1.82) is 0 Å². The van der Waals surface area contributed by atoms with E-state index in [0.29, 0.717) is 31.3 Å². The number of ether oxygens (including phenoxy) is 1. The summed E-state index contributed by atoms with van der Waals surface area (Å²) in [6.45, 7) is 3.45. The highest BCUT2D eigenvalue weighted by Crippen LogP contribution is 2.19. The molecule has 0 bridgehead atoms. The van der Waals surface area contributed by atoms with Gasteiger partial charge in [-0.25, -0.2) is 0 Å². The van der Waals surface area contributed by atoms with Crippen molar-refractivity contribution in [3.8, 4) is 5.75 Å². The van der Waals surface area contributed by atoms with Crippen LogP contribution >= 0.6 is 0 Å². The SMILES string of the molecule is CCOc1ccc(S(=O)(=O)[N+]2=C(c3ccccc3)NCC2)cc1. The Morgan fingerprint density at radius 3 is 2.43 bits per heavy atom. The minimum Gasteiger partial charge on any atom is -0.494 e. The maximum absolute atomic E-state index is 12.9. The summed E-state index contributed by atoms with van der Waals surface area (Å²) in [5.74, 6) is 1.29. The molecule has 6 heteroatoms. The highest BCUT2D eigenvalue weighted by molar-refractivity contribution is 7.85. The van der Waals surface area contributed by atoms with E-state index in [1.165, 1.54) is 3.98 Å². The Morgan fingerprint density at radius 2 is 1.78 bits per heavy atom. The zero-order valence-corrected chi connectivity index (χ0v) is 13.7. The van der Waals surface area contributed by atoms with Crippen LogP contribution in [0.25, 0.3) is 0 Å². The van der Waals surface area contributed by atoms with Crippen molar-refractivity contribution in [3.05, 3.63) is 60.2 Å². The van der Waals surface area contributed by atoms with Crippen LogP contribution in [-0.2, 0) is 10.0 Å². The van der Waals surface area contributed by atoms with Crippen molar-refractivity contribution in [2.75, 3.05) is 19.7 Å². The fourth-order valence-corrected chi connectivity index (χ4v) is 4.04. The normalized spacial score (nSPS) is 14.7. The molecule has 0 aliphatic carbocycles. The van der Waals surface area contributed by atoms with Gasteiger partial charge in [-0.1, -0.05) is 18.2 Å². The molecule has 0 radical (unpaired) electrons. The Hall–Kier alpha value is -2.34. The summed E-state index contributed by atoms with van der Waals surface area (Å²) in [6.07, 6.45) is 0. The number of hydrogen-bond donors (Lipinski definition) is 1. The summed E-state index contributed by atoms with van der Waals surface area (Å²) in [5.41, 5.74) is 0.861. The van der Waals surface area contributed by atoms with E-state index in [0.717, 1.165) is 5.56 Å². The molecule has 1 heterocycles. The van der Waals surface area contributed by atoms with E-state index in [-0.39, 0.29) is 4.90 Å². The fraction of sp³-hybridized carbons (Fsp3) is 0.235. The second kappa shape index (κ2) is 6.42. The number of nitrogens with zero attached hydrogens (tertiary/aromatic N) is 1. The van der Waals surface area contributed by atoms with E-state index in [4.69, 9.17) is 4.74 Å². The third-order valence-corrected chi connectivity index (χ3v) is 5.44. The molecule has 0 aromatic heterocycles. The van der Waals surface area contributed by atoms with Crippen LogP contribution in [0.4, 0.5) is 0 Å². The van der Waals surface area contributed by atoms with Gasteiger partial charge in [0.2, 0.25) is 0 Å². The highest BCUT2D eigenvalue weighted by atomic mass is 32.2. The Kier molecular flexibility index (Phi) is 4.34. The lowest BCUT2D eigenvalue weighted by Crippen LogP contribution is -2.28. The van der Waals surface area contributed by atoms with Crippen LogP contribution in [0.15, 0.2) is 59.5 Å². The average molecular weight is 331 g/mol. The number of amidine groups is 1. The predicted molar refractivity (Wildman–Crippen MR) is 88.5 cm³/mol. The Morgan fingerprint density at radius 1 is 1.09 bits per heavy atom. The number of nitrogens with one attached hydrogen (secondary N) is 1. The van der Waals surface area contributed by atoms with Crippen molar-refractivity contribution in [2.45, 2.75) is 11.8 Å². The number of rotatable bonds is 5. The van der Waals surface area contributed by atoms with Crippen molar-refractivity contribution in [3.63, 3.8) is 0 Å². The molecular weight excluding hydrogens is 312 g/mol. The first kappa shape index (κ1) is 15.6. The molecule has 0 saturated heterocycles. The van der Waals surface area contributed by atoms with E-state index >= 15 is 0 Å². The molecule has 0 spiro atoms. The third kappa shape index (κ3) is 3.07. The van der Waals surface area contributed by atoms with E-state index < -0.39 is 10.0 Å². The zero-order valence-electron chi connectivity index (χ0n) is 12.9. The number of benzene rings is 2. The Labute approximate surface area is 136 Å². The molecule has 0 amide bonds. The largest absolute Gasteiger partial charge is 0.494 e. The van der Waals surface area contributed by atoms with Crippen LogP contribution < -0.4 is 10.1 Å². The third-order valence-electron chi connectivity index (χ3n) is 3.63. The van der Waals surface area contributed by atoms with E-state index in [9.17, 15) is 8.42 Å². The number of sulfonamides is 1. The van der Waals surface area contributed by atoms with Crippen LogP contribution in [0.3, 0.4) is 0 Å². The molecule has 0 unspecified atom stereocenters. The molecule has 5 nitrogen and oxygen atoms in total. The van der Waals surface area contributed by atoms with Crippen molar-refractivity contribution in [2.24, 2.45) is 0 Å². The summed E-state index contributed by atoms with van der Waals surface area (Å²) in [4.78, 5) is 0.262. The van der Waals surface area contributed by atoms with E-state index in [1.54, 1.807) is 24.3 Å². The van der Waals surface area contributed by atoms with Gasteiger partial charge in [-0.3, -0.25) is 5.32 Å². The van der Waals surface area contributed by atoms with Crippen LogP contribution in [0.5, 0.6) is 5.75 Å². The smallest absolute Gasteiger partial charge is 0.331 e. The number of hydrogen-bond acceptors (Lipinski definition) is 4.